The number of amides is 1. The molecule has 0 saturated carbocycles. The number of nitrogens with zero attached hydrogens (tertiary/aromatic N) is 4. The number of nitrogens with one attached hydrogen (secondary N) is 2. The van der Waals surface area contributed by atoms with Gasteiger partial charge < -0.3 is 15.5 Å². The fourth-order valence-corrected chi connectivity index (χ4v) is 4.09. The van der Waals surface area contributed by atoms with Gasteiger partial charge >= 0.3 is 0 Å². The van der Waals surface area contributed by atoms with Gasteiger partial charge in [0.1, 0.15) is 11.3 Å². The molecule has 158 valence electrons. The Morgan fingerprint density at radius 3 is 2.84 bits per heavy atom. The molecule has 7 nitrogen and oxygen atoms in total. The van der Waals surface area contributed by atoms with Gasteiger partial charge in [0.05, 0.1) is 5.56 Å². The van der Waals surface area contributed by atoms with Crippen LogP contribution in [0.5, 0.6) is 0 Å². The molecule has 8 heteroatoms. The number of carbonyl (C=O) groups is 1. The van der Waals surface area contributed by atoms with Crippen molar-refractivity contribution in [3.63, 3.8) is 0 Å². The summed E-state index contributed by atoms with van der Waals surface area (Å²) in [5.41, 5.74) is 2.60. The summed E-state index contributed by atoms with van der Waals surface area (Å²) < 4.78 is 16.3. The standard InChI is InChI=1S/C23H23FN6O/c1-2-30-14-19-21(29-9-7-25-8-10-29)4-3-17(22(19)28-30)23(31)27-16-11-15-5-6-26-13-18(15)20(24)12-16/h3-6,11-14,25H,2,7-10H2,1H3,(H,27,31). The SMILES string of the molecule is CCn1cc2c(N3CCNCC3)ccc(C(=O)Nc3cc(F)c4cnccc4c3)c2n1. The van der Waals surface area contributed by atoms with E-state index in [2.05, 4.69) is 25.6 Å². The Hall–Kier alpha value is -3.52. The Kier molecular flexibility index (Phi) is 4.99. The minimum absolute atomic E-state index is 0.314. The number of anilines is 2. The molecule has 1 aliphatic heterocycles. The maximum Gasteiger partial charge on any atom is 0.257 e. The second-order valence-electron chi connectivity index (χ2n) is 7.63. The topological polar surface area (TPSA) is 75.1 Å². The van der Waals surface area contributed by atoms with Gasteiger partial charge in [-0.25, -0.2) is 4.39 Å². The van der Waals surface area contributed by atoms with Crippen LogP contribution in [0, 0.1) is 5.82 Å². The number of hydrogen-bond donors (Lipinski definition) is 2. The zero-order valence-corrected chi connectivity index (χ0v) is 17.2. The van der Waals surface area contributed by atoms with Crippen LogP contribution in [0.25, 0.3) is 21.7 Å². The number of piperazine rings is 1. The van der Waals surface area contributed by atoms with Crippen LogP contribution in [0.15, 0.2) is 48.9 Å². The van der Waals surface area contributed by atoms with E-state index < -0.39 is 5.82 Å². The number of fused-ring (bicyclic) bond motifs is 2. The summed E-state index contributed by atoms with van der Waals surface area (Å²) in [6.07, 6.45) is 5.07. The molecule has 0 bridgehead atoms. The van der Waals surface area contributed by atoms with E-state index in [-0.39, 0.29) is 5.91 Å². The first-order valence-corrected chi connectivity index (χ1v) is 10.4. The van der Waals surface area contributed by atoms with E-state index in [1.165, 1.54) is 12.3 Å². The summed E-state index contributed by atoms with van der Waals surface area (Å²) in [6.45, 7) is 6.39. The lowest BCUT2D eigenvalue weighted by Crippen LogP contribution is -2.43. The fourth-order valence-electron chi connectivity index (χ4n) is 4.09. The molecule has 2 N–H and O–H groups in total. The third kappa shape index (κ3) is 3.59. The molecular formula is C23H23FN6O. The summed E-state index contributed by atoms with van der Waals surface area (Å²) >= 11 is 0. The minimum atomic E-state index is -0.421. The minimum Gasteiger partial charge on any atom is -0.368 e. The van der Waals surface area contributed by atoms with Gasteiger partial charge in [-0.05, 0) is 42.6 Å². The number of halogens is 1. The molecule has 1 saturated heterocycles. The first kappa shape index (κ1) is 19.4. The molecule has 0 spiro atoms. The molecule has 5 rings (SSSR count). The number of aryl methyl sites for hydroxylation is 1. The van der Waals surface area contributed by atoms with Gasteiger partial charge in [0, 0.05) is 73.5 Å². The maximum absolute atomic E-state index is 14.4. The van der Waals surface area contributed by atoms with Crippen molar-refractivity contribution in [1.29, 1.82) is 0 Å². The van der Waals surface area contributed by atoms with Crippen molar-refractivity contribution < 1.29 is 9.18 Å². The zero-order chi connectivity index (χ0) is 21.4. The van der Waals surface area contributed by atoms with Crippen LogP contribution in [0.1, 0.15) is 17.3 Å². The summed E-state index contributed by atoms with van der Waals surface area (Å²) in [7, 11) is 0. The maximum atomic E-state index is 14.4. The molecule has 4 aromatic rings. The summed E-state index contributed by atoms with van der Waals surface area (Å²) in [4.78, 5) is 19.4. The summed E-state index contributed by atoms with van der Waals surface area (Å²) in [5.74, 6) is -0.735. The Bertz CT molecular complexity index is 1280. The van der Waals surface area contributed by atoms with Crippen molar-refractivity contribution in [1.82, 2.24) is 20.1 Å². The Morgan fingerprint density at radius 2 is 2.03 bits per heavy atom. The lowest BCUT2D eigenvalue weighted by Gasteiger charge is -2.30. The number of benzene rings is 2. The lowest BCUT2D eigenvalue weighted by molar-refractivity contribution is 0.102. The smallest absolute Gasteiger partial charge is 0.257 e. The van der Waals surface area contributed by atoms with Gasteiger partial charge in [-0.2, -0.15) is 5.10 Å². The summed E-state index contributed by atoms with van der Waals surface area (Å²) in [6, 6.07) is 8.57. The highest BCUT2D eigenvalue weighted by atomic mass is 19.1. The predicted molar refractivity (Wildman–Crippen MR) is 120 cm³/mol. The fraction of sp³-hybridized carbons (Fsp3) is 0.261. The van der Waals surface area contributed by atoms with Crippen molar-refractivity contribution in [2.24, 2.45) is 0 Å². The number of rotatable bonds is 4. The Balaban J connectivity index is 1.52. The van der Waals surface area contributed by atoms with Gasteiger partial charge in [-0.3, -0.25) is 14.5 Å². The van der Waals surface area contributed by atoms with E-state index in [4.69, 9.17) is 0 Å². The molecule has 3 heterocycles. The highest BCUT2D eigenvalue weighted by Gasteiger charge is 2.20. The van der Waals surface area contributed by atoms with Crippen molar-refractivity contribution in [3.8, 4) is 0 Å². The van der Waals surface area contributed by atoms with Crippen LogP contribution in [-0.2, 0) is 6.54 Å². The van der Waals surface area contributed by atoms with Gasteiger partial charge in [-0.1, -0.05) is 0 Å². The first-order chi connectivity index (χ1) is 15.1. The molecule has 1 amide bonds. The van der Waals surface area contributed by atoms with Crippen molar-refractivity contribution in [2.45, 2.75) is 13.5 Å². The van der Waals surface area contributed by atoms with Crippen LogP contribution in [0.2, 0.25) is 0 Å². The van der Waals surface area contributed by atoms with E-state index in [0.29, 0.717) is 34.1 Å². The molecule has 2 aromatic carbocycles. The highest BCUT2D eigenvalue weighted by molar-refractivity contribution is 6.14. The van der Waals surface area contributed by atoms with E-state index in [0.717, 1.165) is 37.3 Å². The largest absolute Gasteiger partial charge is 0.368 e. The van der Waals surface area contributed by atoms with Crippen LogP contribution in [-0.4, -0.2) is 46.9 Å². The van der Waals surface area contributed by atoms with E-state index in [1.54, 1.807) is 18.3 Å². The second-order valence-corrected chi connectivity index (χ2v) is 7.63. The molecular weight excluding hydrogens is 395 g/mol. The zero-order valence-electron chi connectivity index (χ0n) is 17.2. The van der Waals surface area contributed by atoms with Crippen LogP contribution in [0.3, 0.4) is 0 Å². The molecule has 1 fully saturated rings. The number of aromatic nitrogens is 3. The quantitative estimate of drug-likeness (QED) is 0.531. The molecule has 0 radical (unpaired) electrons. The average molecular weight is 418 g/mol. The first-order valence-electron chi connectivity index (χ1n) is 10.4. The van der Waals surface area contributed by atoms with E-state index >= 15 is 0 Å². The molecule has 2 aromatic heterocycles. The third-order valence-electron chi connectivity index (χ3n) is 5.69. The monoisotopic (exact) mass is 418 g/mol. The van der Waals surface area contributed by atoms with Gasteiger partial charge in [-0.15, -0.1) is 0 Å². The third-order valence-corrected chi connectivity index (χ3v) is 5.69. The van der Waals surface area contributed by atoms with Gasteiger partial charge in [0.15, 0.2) is 0 Å². The van der Waals surface area contributed by atoms with E-state index in [9.17, 15) is 9.18 Å². The normalized spacial score (nSPS) is 14.3. The van der Waals surface area contributed by atoms with Crippen LogP contribution in [0.4, 0.5) is 15.8 Å². The van der Waals surface area contributed by atoms with Crippen molar-refractivity contribution in [2.75, 3.05) is 36.4 Å². The molecule has 0 aliphatic carbocycles. The predicted octanol–water partition coefficient (Wildman–Crippen LogP) is 3.41. The molecule has 0 atom stereocenters. The second kappa shape index (κ2) is 7.96. The number of pyridine rings is 1. The number of carbonyl (C=O) groups excluding carboxylic acids is 1. The molecule has 1 aliphatic rings. The highest BCUT2D eigenvalue weighted by Crippen LogP contribution is 2.30. The number of hydrogen-bond acceptors (Lipinski definition) is 5. The lowest BCUT2D eigenvalue weighted by atomic mass is 10.1. The van der Waals surface area contributed by atoms with Crippen molar-refractivity contribution in [3.05, 3.63) is 60.3 Å². The van der Waals surface area contributed by atoms with E-state index in [1.807, 2.05) is 29.9 Å². The molecule has 31 heavy (non-hydrogen) atoms. The average Bonchev–Trinajstić information content (AvgIpc) is 3.23. The van der Waals surface area contributed by atoms with Crippen LogP contribution >= 0.6 is 0 Å². The summed E-state index contributed by atoms with van der Waals surface area (Å²) in [5, 5.41) is 12.9. The van der Waals surface area contributed by atoms with Crippen molar-refractivity contribution >= 4 is 39.0 Å². The van der Waals surface area contributed by atoms with Gasteiger partial charge in [0.25, 0.3) is 5.91 Å². The Labute approximate surface area is 178 Å². The van der Waals surface area contributed by atoms with Gasteiger partial charge in [0.2, 0.25) is 0 Å². The van der Waals surface area contributed by atoms with Crippen LogP contribution < -0.4 is 15.5 Å². The Morgan fingerprint density at radius 1 is 1.19 bits per heavy atom. The molecule has 0 unspecified atom stereocenters.